The Kier molecular flexibility index (Phi) is 5.80. The zero-order chi connectivity index (χ0) is 16.9. The molecule has 1 saturated carbocycles. The van der Waals surface area contributed by atoms with Crippen molar-refractivity contribution in [3.05, 3.63) is 34.5 Å². The maximum Gasteiger partial charge on any atom is 0.287 e. The molecule has 0 saturated heterocycles. The van der Waals surface area contributed by atoms with Crippen LogP contribution in [-0.4, -0.2) is 25.2 Å². The highest BCUT2D eigenvalue weighted by Crippen LogP contribution is 2.27. The lowest BCUT2D eigenvalue weighted by Crippen LogP contribution is -2.26. The van der Waals surface area contributed by atoms with Crippen molar-refractivity contribution in [2.45, 2.75) is 51.6 Å². The molecule has 1 amide bonds. The summed E-state index contributed by atoms with van der Waals surface area (Å²) in [5.74, 6) is 0.179. The number of ether oxygens (including phenoxy) is 1. The van der Waals surface area contributed by atoms with Crippen molar-refractivity contribution >= 4 is 28.5 Å². The molecular weight excluding hydrogens is 326 g/mol. The monoisotopic (exact) mass is 349 g/mol. The summed E-state index contributed by atoms with van der Waals surface area (Å²) in [7, 11) is 0. The third-order valence-corrected chi connectivity index (χ3v) is 4.85. The molecular formula is C19H24ClNO3. The number of rotatable bonds is 6. The van der Waals surface area contributed by atoms with Crippen LogP contribution < -0.4 is 5.32 Å². The Bertz CT molecular complexity index is 704. The van der Waals surface area contributed by atoms with Gasteiger partial charge in [-0.2, -0.15) is 0 Å². The van der Waals surface area contributed by atoms with Crippen molar-refractivity contribution in [3.8, 4) is 0 Å². The number of halogens is 1. The molecule has 5 heteroatoms. The largest absolute Gasteiger partial charge is 0.451 e. The lowest BCUT2D eigenvalue weighted by Gasteiger charge is -2.21. The first-order valence-corrected chi connectivity index (χ1v) is 9.11. The van der Waals surface area contributed by atoms with Gasteiger partial charge in [0.05, 0.1) is 6.10 Å². The second kappa shape index (κ2) is 8.04. The molecule has 1 fully saturated rings. The highest BCUT2D eigenvalue weighted by atomic mass is 35.5. The van der Waals surface area contributed by atoms with Crippen LogP contribution in [0.25, 0.3) is 11.0 Å². The van der Waals surface area contributed by atoms with Crippen molar-refractivity contribution in [2.75, 3.05) is 13.2 Å². The van der Waals surface area contributed by atoms with Gasteiger partial charge in [0.2, 0.25) is 0 Å². The number of fused-ring (bicyclic) bond motifs is 1. The Labute approximate surface area is 147 Å². The minimum Gasteiger partial charge on any atom is -0.451 e. The number of hydrogen-bond donors (Lipinski definition) is 1. The Morgan fingerprint density at radius 3 is 2.92 bits per heavy atom. The fraction of sp³-hybridized carbons (Fsp3) is 0.526. The van der Waals surface area contributed by atoms with E-state index < -0.39 is 0 Å². The van der Waals surface area contributed by atoms with Crippen LogP contribution in [-0.2, 0) is 4.74 Å². The molecule has 4 nitrogen and oxygen atoms in total. The predicted molar refractivity (Wildman–Crippen MR) is 95.7 cm³/mol. The van der Waals surface area contributed by atoms with E-state index in [-0.39, 0.29) is 5.91 Å². The van der Waals surface area contributed by atoms with Gasteiger partial charge in [-0.15, -0.1) is 0 Å². The molecule has 130 valence electrons. The number of hydrogen-bond acceptors (Lipinski definition) is 3. The summed E-state index contributed by atoms with van der Waals surface area (Å²) >= 11 is 6.01. The molecule has 3 rings (SSSR count). The molecule has 0 unspecified atom stereocenters. The number of carbonyl (C=O) groups is 1. The number of carbonyl (C=O) groups excluding carboxylic acids is 1. The minimum atomic E-state index is -0.183. The molecule has 0 spiro atoms. The normalized spacial score (nSPS) is 15.8. The minimum absolute atomic E-state index is 0.183. The van der Waals surface area contributed by atoms with Crippen LogP contribution in [0.4, 0.5) is 0 Å². The highest BCUT2D eigenvalue weighted by molar-refractivity contribution is 6.31. The van der Waals surface area contributed by atoms with Crippen LogP contribution in [0.1, 0.15) is 54.6 Å². The fourth-order valence-corrected chi connectivity index (χ4v) is 3.42. The SMILES string of the molecule is Cc1c(C(=O)NCCCOC2CCCCC2)oc2ccc(Cl)cc12. The zero-order valence-electron chi connectivity index (χ0n) is 14.1. The summed E-state index contributed by atoms with van der Waals surface area (Å²) in [6, 6.07) is 5.38. The van der Waals surface area contributed by atoms with Crippen LogP contribution in [0.5, 0.6) is 0 Å². The van der Waals surface area contributed by atoms with E-state index in [9.17, 15) is 4.79 Å². The molecule has 1 aromatic carbocycles. The van der Waals surface area contributed by atoms with Crippen LogP contribution in [0.2, 0.25) is 5.02 Å². The van der Waals surface area contributed by atoms with Crippen molar-refractivity contribution < 1.29 is 13.9 Å². The second-order valence-electron chi connectivity index (χ2n) is 6.44. The van der Waals surface area contributed by atoms with Crippen molar-refractivity contribution in [1.82, 2.24) is 5.32 Å². The number of nitrogens with one attached hydrogen (secondary N) is 1. The van der Waals surface area contributed by atoms with Crippen molar-refractivity contribution in [3.63, 3.8) is 0 Å². The van der Waals surface area contributed by atoms with Gasteiger partial charge in [0, 0.05) is 29.1 Å². The van der Waals surface area contributed by atoms with Crippen LogP contribution in [0, 0.1) is 6.92 Å². The lowest BCUT2D eigenvalue weighted by molar-refractivity contribution is 0.0273. The number of aryl methyl sites for hydroxylation is 1. The van der Waals surface area contributed by atoms with Gasteiger partial charge in [-0.1, -0.05) is 30.9 Å². The summed E-state index contributed by atoms with van der Waals surface area (Å²) in [5, 5.41) is 4.43. The summed E-state index contributed by atoms with van der Waals surface area (Å²) in [6.45, 7) is 3.16. The maximum absolute atomic E-state index is 12.3. The van der Waals surface area contributed by atoms with Gasteiger partial charge >= 0.3 is 0 Å². The Balaban J connectivity index is 1.47. The molecule has 0 atom stereocenters. The Morgan fingerprint density at radius 2 is 2.12 bits per heavy atom. The average molecular weight is 350 g/mol. The first kappa shape index (κ1) is 17.3. The molecule has 0 radical (unpaired) electrons. The first-order valence-electron chi connectivity index (χ1n) is 8.73. The van der Waals surface area contributed by atoms with Gasteiger partial charge in [0.15, 0.2) is 5.76 Å². The first-order chi connectivity index (χ1) is 11.6. The van der Waals surface area contributed by atoms with Crippen molar-refractivity contribution in [2.24, 2.45) is 0 Å². The van der Waals surface area contributed by atoms with E-state index in [1.807, 2.05) is 13.0 Å². The van der Waals surface area contributed by atoms with E-state index in [0.717, 1.165) is 17.4 Å². The topological polar surface area (TPSA) is 51.5 Å². The van der Waals surface area contributed by atoms with E-state index in [0.29, 0.717) is 35.6 Å². The third-order valence-electron chi connectivity index (χ3n) is 4.62. The van der Waals surface area contributed by atoms with Gasteiger partial charge in [-0.25, -0.2) is 0 Å². The lowest BCUT2D eigenvalue weighted by atomic mass is 9.98. The quantitative estimate of drug-likeness (QED) is 0.757. The molecule has 1 aliphatic carbocycles. The zero-order valence-corrected chi connectivity index (χ0v) is 14.8. The number of amides is 1. The molecule has 1 heterocycles. The summed E-state index contributed by atoms with van der Waals surface area (Å²) in [4.78, 5) is 12.3. The van der Waals surface area contributed by atoms with E-state index in [4.69, 9.17) is 20.8 Å². The maximum atomic E-state index is 12.3. The standard InChI is InChI=1S/C19H24ClNO3/c1-13-16-12-14(20)8-9-17(16)24-18(13)19(22)21-10-5-11-23-15-6-3-2-4-7-15/h8-9,12,15H,2-7,10-11H2,1H3,(H,21,22). The predicted octanol–water partition coefficient (Wildman–Crippen LogP) is 4.86. The molecule has 24 heavy (non-hydrogen) atoms. The van der Waals surface area contributed by atoms with Crippen LogP contribution >= 0.6 is 11.6 Å². The van der Waals surface area contributed by atoms with E-state index in [1.165, 1.54) is 32.1 Å². The molecule has 0 bridgehead atoms. The number of furan rings is 1. The smallest absolute Gasteiger partial charge is 0.287 e. The molecule has 1 N–H and O–H groups in total. The Hall–Kier alpha value is -1.52. The molecule has 2 aromatic rings. The van der Waals surface area contributed by atoms with Crippen molar-refractivity contribution in [1.29, 1.82) is 0 Å². The van der Waals surface area contributed by atoms with E-state index in [1.54, 1.807) is 12.1 Å². The van der Waals surface area contributed by atoms with E-state index >= 15 is 0 Å². The van der Waals surface area contributed by atoms with Gasteiger partial charge in [0.25, 0.3) is 5.91 Å². The second-order valence-corrected chi connectivity index (χ2v) is 6.87. The average Bonchev–Trinajstić information content (AvgIpc) is 2.92. The fourth-order valence-electron chi connectivity index (χ4n) is 3.25. The summed E-state index contributed by atoms with van der Waals surface area (Å²) in [6.07, 6.45) is 7.45. The van der Waals surface area contributed by atoms with Gasteiger partial charge in [0.1, 0.15) is 5.58 Å². The van der Waals surface area contributed by atoms with Gasteiger partial charge < -0.3 is 14.5 Å². The number of benzene rings is 1. The highest BCUT2D eigenvalue weighted by Gasteiger charge is 2.17. The molecule has 1 aromatic heterocycles. The van der Waals surface area contributed by atoms with Crippen LogP contribution in [0.3, 0.4) is 0 Å². The third kappa shape index (κ3) is 4.11. The molecule has 1 aliphatic rings. The van der Waals surface area contributed by atoms with Gasteiger partial charge in [-0.3, -0.25) is 4.79 Å². The summed E-state index contributed by atoms with van der Waals surface area (Å²) < 4.78 is 11.5. The summed E-state index contributed by atoms with van der Waals surface area (Å²) in [5.41, 5.74) is 1.51. The van der Waals surface area contributed by atoms with E-state index in [2.05, 4.69) is 5.32 Å². The van der Waals surface area contributed by atoms with Gasteiger partial charge in [-0.05, 0) is 44.4 Å². The molecule has 0 aliphatic heterocycles. The van der Waals surface area contributed by atoms with Crippen LogP contribution in [0.15, 0.2) is 22.6 Å². The Morgan fingerprint density at radius 1 is 1.33 bits per heavy atom.